The van der Waals surface area contributed by atoms with Crippen LogP contribution in [0.15, 0.2) is 24.5 Å². The molecular formula is C10H12N2O. The van der Waals surface area contributed by atoms with Crippen LogP contribution in [0, 0.1) is 0 Å². The van der Waals surface area contributed by atoms with Crippen LogP contribution in [0.25, 0.3) is 6.08 Å². The number of rotatable bonds is 2. The number of likely N-dealkylation sites (tertiary alicyclic amines) is 1. The molecule has 0 aromatic carbocycles. The van der Waals surface area contributed by atoms with Gasteiger partial charge in [0.15, 0.2) is 0 Å². The third-order valence-electron chi connectivity index (χ3n) is 2.17. The largest absolute Gasteiger partial charge is 0.362 e. The van der Waals surface area contributed by atoms with Crippen LogP contribution in [0.4, 0.5) is 0 Å². The Hall–Kier alpha value is -1.51. The van der Waals surface area contributed by atoms with Gasteiger partial charge in [-0.15, -0.1) is 0 Å². The predicted octanol–water partition coefficient (Wildman–Crippen LogP) is 1.61. The average Bonchev–Trinajstić information content (AvgIpc) is 2.72. The van der Waals surface area contributed by atoms with E-state index in [2.05, 4.69) is 4.98 Å². The third-order valence-corrected chi connectivity index (χ3v) is 2.17. The highest BCUT2D eigenvalue weighted by Gasteiger charge is 2.16. The molecule has 1 fully saturated rings. The molecule has 2 heterocycles. The van der Waals surface area contributed by atoms with E-state index in [9.17, 15) is 4.79 Å². The molecule has 0 atom stereocenters. The van der Waals surface area contributed by atoms with Gasteiger partial charge in [0.2, 0.25) is 5.91 Å². The molecule has 13 heavy (non-hydrogen) atoms. The first-order valence-corrected chi connectivity index (χ1v) is 4.47. The summed E-state index contributed by atoms with van der Waals surface area (Å²) < 4.78 is 0. The molecule has 2 rings (SSSR count). The van der Waals surface area contributed by atoms with Crippen molar-refractivity contribution in [3.05, 3.63) is 30.2 Å². The van der Waals surface area contributed by atoms with Crippen LogP contribution in [0.5, 0.6) is 0 Å². The molecule has 1 amide bonds. The summed E-state index contributed by atoms with van der Waals surface area (Å²) in [5.74, 6) is 0.225. The number of H-pyrrole nitrogens is 1. The standard InChI is InChI=1S/C10H12N2O/c13-10-4-2-7-12(10)8-5-9-3-1-6-11-9/h1,3,5-6,8,11H,2,4,7H2. The second kappa shape index (κ2) is 3.47. The van der Waals surface area contributed by atoms with E-state index >= 15 is 0 Å². The number of amides is 1. The van der Waals surface area contributed by atoms with Crippen molar-refractivity contribution in [2.45, 2.75) is 12.8 Å². The highest BCUT2D eigenvalue weighted by atomic mass is 16.2. The summed E-state index contributed by atoms with van der Waals surface area (Å²) in [5.41, 5.74) is 1.03. The maximum Gasteiger partial charge on any atom is 0.226 e. The molecule has 68 valence electrons. The summed E-state index contributed by atoms with van der Waals surface area (Å²) >= 11 is 0. The van der Waals surface area contributed by atoms with E-state index < -0.39 is 0 Å². The zero-order chi connectivity index (χ0) is 9.10. The molecule has 1 aliphatic heterocycles. The fraction of sp³-hybridized carbons (Fsp3) is 0.300. The minimum atomic E-state index is 0.225. The molecule has 1 aromatic heterocycles. The van der Waals surface area contributed by atoms with Gasteiger partial charge in [0, 0.05) is 31.1 Å². The van der Waals surface area contributed by atoms with E-state index in [1.165, 1.54) is 0 Å². The summed E-state index contributed by atoms with van der Waals surface area (Å²) in [7, 11) is 0. The zero-order valence-electron chi connectivity index (χ0n) is 7.36. The van der Waals surface area contributed by atoms with Crippen LogP contribution in [0.3, 0.4) is 0 Å². The van der Waals surface area contributed by atoms with E-state index in [1.54, 1.807) is 4.90 Å². The van der Waals surface area contributed by atoms with Gasteiger partial charge in [-0.3, -0.25) is 4.79 Å². The number of nitrogens with zero attached hydrogens (tertiary/aromatic N) is 1. The predicted molar refractivity (Wildman–Crippen MR) is 50.8 cm³/mol. The highest BCUT2D eigenvalue weighted by Crippen LogP contribution is 2.10. The van der Waals surface area contributed by atoms with Crippen LogP contribution < -0.4 is 0 Å². The maximum atomic E-state index is 11.2. The SMILES string of the molecule is O=C1CCCN1C=Cc1ccc[nH]1. The van der Waals surface area contributed by atoms with Crippen molar-refractivity contribution in [1.29, 1.82) is 0 Å². The summed E-state index contributed by atoms with van der Waals surface area (Å²) in [6.07, 6.45) is 7.30. The van der Waals surface area contributed by atoms with Crippen molar-refractivity contribution in [3.8, 4) is 0 Å². The second-order valence-electron chi connectivity index (χ2n) is 3.13. The van der Waals surface area contributed by atoms with Crippen molar-refractivity contribution in [2.75, 3.05) is 6.54 Å². The fourth-order valence-corrected chi connectivity index (χ4v) is 1.44. The highest BCUT2D eigenvalue weighted by molar-refractivity contribution is 5.79. The molecule has 0 unspecified atom stereocenters. The van der Waals surface area contributed by atoms with Gasteiger partial charge in [0.1, 0.15) is 0 Å². The molecule has 0 radical (unpaired) electrons. The Morgan fingerprint density at radius 1 is 1.54 bits per heavy atom. The summed E-state index contributed by atoms with van der Waals surface area (Å²) in [6, 6.07) is 3.91. The smallest absolute Gasteiger partial charge is 0.226 e. The minimum Gasteiger partial charge on any atom is -0.362 e. The first-order chi connectivity index (χ1) is 6.36. The molecular weight excluding hydrogens is 164 g/mol. The molecule has 1 saturated heterocycles. The number of aromatic nitrogens is 1. The van der Waals surface area contributed by atoms with Crippen molar-refractivity contribution in [2.24, 2.45) is 0 Å². The number of hydrogen-bond donors (Lipinski definition) is 1. The van der Waals surface area contributed by atoms with Gasteiger partial charge in [-0.2, -0.15) is 0 Å². The van der Waals surface area contributed by atoms with Gasteiger partial charge in [-0.1, -0.05) is 0 Å². The molecule has 1 aromatic rings. The van der Waals surface area contributed by atoms with E-state index in [-0.39, 0.29) is 5.91 Å². The molecule has 1 N–H and O–H groups in total. The van der Waals surface area contributed by atoms with E-state index in [0.717, 1.165) is 18.7 Å². The van der Waals surface area contributed by atoms with Crippen LogP contribution in [0.1, 0.15) is 18.5 Å². The second-order valence-corrected chi connectivity index (χ2v) is 3.13. The van der Waals surface area contributed by atoms with Gasteiger partial charge >= 0.3 is 0 Å². The van der Waals surface area contributed by atoms with Gasteiger partial charge in [0.05, 0.1) is 0 Å². The van der Waals surface area contributed by atoms with Crippen LogP contribution in [-0.2, 0) is 4.79 Å². The lowest BCUT2D eigenvalue weighted by Gasteiger charge is -2.07. The van der Waals surface area contributed by atoms with Gasteiger partial charge in [0.25, 0.3) is 0 Å². The number of nitrogens with one attached hydrogen (secondary N) is 1. The fourth-order valence-electron chi connectivity index (χ4n) is 1.44. The van der Waals surface area contributed by atoms with Crippen LogP contribution >= 0.6 is 0 Å². The van der Waals surface area contributed by atoms with Crippen LogP contribution in [0.2, 0.25) is 0 Å². The van der Waals surface area contributed by atoms with Gasteiger partial charge in [-0.05, 0) is 24.6 Å². The lowest BCUT2D eigenvalue weighted by Crippen LogP contribution is -2.16. The Kier molecular flexibility index (Phi) is 2.17. The Morgan fingerprint density at radius 2 is 2.46 bits per heavy atom. The Morgan fingerprint density at radius 3 is 3.08 bits per heavy atom. The first kappa shape index (κ1) is 8.10. The van der Waals surface area contributed by atoms with E-state index in [4.69, 9.17) is 0 Å². The summed E-state index contributed by atoms with van der Waals surface area (Å²) in [4.78, 5) is 16.0. The number of carbonyl (C=O) groups is 1. The van der Waals surface area contributed by atoms with Gasteiger partial charge in [-0.25, -0.2) is 0 Å². The minimum absolute atomic E-state index is 0.225. The molecule has 0 saturated carbocycles. The monoisotopic (exact) mass is 176 g/mol. The Labute approximate surface area is 77.1 Å². The van der Waals surface area contributed by atoms with Crippen molar-refractivity contribution in [1.82, 2.24) is 9.88 Å². The molecule has 3 heteroatoms. The van der Waals surface area contributed by atoms with Gasteiger partial charge < -0.3 is 9.88 Å². The molecule has 1 aliphatic rings. The Bertz CT molecular complexity index is 314. The molecule has 0 aliphatic carbocycles. The van der Waals surface area contributed by atoms with Crippen molar-refractivity contribution >= 4 is 12.0 Å². The first-order valence-electron chi connectivity index (χ1n) is 4.47. The molecule has 0 bridgehead atoms. The summed E-state index contributed by atoms with van der Waals surface area (Å²) in [5, 5.41) is 0. The quantitative estimate of drug-likeness (QED) is 0.730. The molecule has 0 spiro atoms. The average molecular weight is 176 g/mol. The zero-order valence-corrected chi connectivity index (χ0v) is 7.36. The van der Waals surface area contributed by atoms with Crippen molar-refractivity contribution < 1.29 is 4.79 Å². The maximum absolute atomic E-state index is 11.2. The topological polar surface area (TPSA) is 36.1 Å². The number of hydrogen-bond acceptors (Lipinski definition) is 1. The third kappa shape index (κ3) is 1.80. The molecule has 3 nitrogen and oxygen atoms in total. The van der Waals surface area contributed by atoms with E-state index in [1.807, 2.05) is 30.6 Å². The van der Waals surface area contributed by atoms with Crippen molar-refractivity contribution in [3.63, 3.8) is 0 Å². The van der Waals surface area contributed by atoms with Crippen LogP contribution in [-0.4, -0.2) is 22.3 Å². The number of aromatic amines is 1. The lowest BCUT2D eigenvalue weighted by atomic mass is 10.4. The normalized spacial score (nSPS) is 17.5. The summed E-state index contributed by atoms with van der Waals surface area (Å²) in [6.45, 7) is 0.857. The lowest BCUT2D eigenvalue weighted by molar-refractivity contribution is -0.125. The number of carbonyl (C=O) groups excluding carboxylic acids is 1. The Balaban J connectivity index is 2.01. The van der Waals surface area contributed by atoms with E-state index in [0.29, 0.717) is 6.42 Å².